The molecule has 0 amide bonds. The van der Waals surface area contributed by atoms with Crippen molar-refractivity contribution in [2.45, 2.75) is 0 Å². The standard InChI is InChI=1S/C51H31N5/c1-2-13-32(14-3-1)33-25-27-34(28-26-33)55-45-22-10-8-17-37(45)41-29-30-42-38-18-9-11-23-46(38)56(51(42)50(41)55)47-24-12-21-43(53-47)44-31-52-48-39-19-6-4-15-35(39)36-16-5-7-20-40(36)49(48)54-44/h1-31H. The minimum atomic E-state index is 0.735. The van der Waals surface area contributed by atoms with E-state index in [9.17, 15) is 0 Å². The molecule has 0 spiro atoms. The average Bonchev–Trinajstić information content (AvgIpc) is 3.80. The first-order valence-corrected chi connectivity index (χ1v) is 19.0. The smallest absolute Gasteiger partial charge is 0.138 e. The molecule has 56 heavy (non-hydrogen) atoms. The van der Waals surface area contributed by atoms with Crippen LogP contribution in [0.1, 0.15) is 0 Å². The van der Waals surface area contributed by atoms with Crippen LogP contribution in [0.3, 0.4) is 0 Å². The van der Waals surface area contributed by atoms with E-state index in [2.05, 4.69) is 185 Å². The van der Waals surface area contributed by atoms with Gasteiger partial charge in [0.1, 0.15) is 11.5 Å². The fourth-order valence-corrected chi connectivity index (χ4v) is 8.88. The van der Waals surface area contributed by atoms with Crippen molar-refractivity contribution in [2.24, 2.45) is 0 Å². The summed E-state index contributed by atoms with van der Waals surface area (Å²) in [6.45, 7) is 0. The molecule has 0 saturated heterocycles. The molecule has 12 rings (SSSR count). The molecule has 8 aromatic carbocycles. The number of benzene rings is 8. The van der Waals surface area contributed by atoms with Crippen molar-refractivity contribution in [3.63, 3.8) is 0 Å². The second-order valence-electron chi connectivity index (χ2n) is 14.4. The van der Waals surface area contributed by atoms with Crippen molar-refractivity contribution in [3.05, 3.63) is 188 Å². The number of hydrogen-bond donors (Lipinski definition) is 0. The molecular formula is C51H31N5. The lowest BCUT2D eigenvalue weighted by Crippen LogP contribution is -2.02. The molecule has 0 aliphatic rings. The highest BCUT2D eigenvalue weighted by Crippen LogP contribution is 2.42. The van der Waals surface area contributed by atoms with Gasteiger partial charge in [-0.15, -0.1) is 0 Å². The highest BCUT2D eigenvalue weighted by Gasteiger charge is 2.22. The fraction of sp³-hybridized carbons (Fsp3) is 0. The quantitative estimate of drug-likeness (QED) is 0.171. The minimum absolute atomic E-state index is 0.735. The molecule has 0 aliphatic carbocycles. The number of fused-ring (bicyclic) bond motifs is 13. The van der Waals surface area contributed by atoms with Crippen LogP contribution in [0.25, 0.3) is 110 Å². The summed E-state index contributed by atoms with van der Waals surface area (Å²) in [7, 11) is 0. The van der Waals surface area contributed by atoms with Crippen LogP contribution in [-0.2, 0) is 0 Å². The molecule has 4 aromatic heterocycles. The second-order valence-corrected chi connectivity index (χ2v) is 14.4. The Hall–Kier alpha value is -7.63. The minimum Gasteiger partial charge on any atom is -0.307 e. The number of para-hydroxylation sites is 2. The van der Waals surface area contributed by atoms with Crippen LogP contribution in [0.5, 0.6) is 0 Å². The summed E-state index contributed by atoms with van der Waals surface area (Å²) in [5.74, 6) is 0.822. The topological polar surface area (TPSA) is 48.5 Å². The van der Waals surface area contributed by atoms with Crippen molar-refractivity contribution in [1.29, 1.82) is 0 Å². The molecule has 0 bridgehead atoms. The predicted molar refractivity (Wildman–Crippen MR) is 232 cm³/mol. The second kappa shape index (κ2) is 11.9. The largest absolute Gasteiger partial charge is 0.307 e. The Morgan fingerprint density at radius 2 is 0.857 bits per heavy atom. The van der Waals surface area contributed by atoms with Crippen molar-refractivity contribution < 1.29 is 0 Å². The van der Waals surface area contributed by atoms with Gasteiger partial charge in [-0.2, -0.15) is 0 Å². The Balaban J connectivity index is 1.12. The summed E-state index contributed by atoms with van der Waals surface area (Å²) in [6.07, 6.45) is 1.87. The summed E-state index contributed by atoms with van der Waals surface area (Å²) in [5.41, 5.74) is 11.3. The zero-order valence-corrected chi connectivity index (χ0v) is 30.1. The summed E-state index contributed by atoms with van der Waals surface area (Å²) < 4.78 is 4.76. The van der Waals surface area contributed by atoms with E-state index >= 15 is 0 Å². The van der Waals surface area contributed by atoms with Crippen LogP contribution < -0.4 is 0 Å². The Kier molecular flexibility index (Phi) is 6.56. The zero-order valence-electron chi connectivity index (χ0n) is 30.1. The lowest BCUT2D eigenvalue weighted by molar-refractivity contribution is 1.07. The molecule has 0 fully saturated rings. The van der Waals surface area contributed by atoms with Crippen molar-refractivity contribution in [2.75, 3.05) is 0 Å². The molecule has 0 radical (unpaired) electrons. The molecule has 5 nitrogen and oxygen atoms in total. The van der Waals surface area contributed by atoms with Crippen molar-refractivity contribution >= 4 is 76.2 Å². The maximum Gasteiger partial charge on any atom is 0.138 e. The monoisotopic (exact) mass is 713 g/mol. The predicted octanol–water partition coefficient (Wildman–Crippen LogP) is 12.9. The lowest BCUT2D eigenvalue weighted by atomic mass is 9.99. The lowest BCUT2D eigenvalue weighted by Gasteiger charge is -2.13. The molecule has 0 unspecified atom stereocenters. The first-order chi connectivity index (χ1) is 27.8. The summed E-state index contributed by atoms with van der Waals surface area (Å²) in [6, 6.07) is 64.6. The molecular weight excluding hydrogens is 683 g/mol. The fourth-order valence-electron chi connectivity index (χ4n) is 8.88. The Morgan fingerprint density at radius 3 is 1.54 bits per heavy atom. The molecule has 5 heteroatoms. The summed E-state index contributed by atoms with van der Waals surface area (Å²) in [4.78, 5) is 15.7. The number of hydrogen-bond acceptors (Lipinski definition) is 3. The van der Waals surface area contributed by atoms with Crippen LogP contribution in [0.15, 0.2) is 188 Å². The SMILES string of the molecule is c1ccc(-c2ccc(-n3c4ccccc4c4ccc5c6ccccc6n(-c6cccc(-c7cnc8c9ccccc9c9ccccc9c8n7)n6)c5c43)cc2)cc1. The first kappa shape index (κ1) is 30.8. The number of aromatic nitrogens is 5. The molecule has 0 atom stereocenters. The van der Waals surface area contributed by atoms with Crippen LogP contribution in [-0.4, -0.2) is 24.1 Å². The van der Waals surface area contributed by atoms with Crippen LogP contribution in [0.4, 0.5) is 0 Å². The number of pyridine rings is 1. The van der Waals surface area contributed by atoms with E-state index in [4.69, 9.17) is 15.0 Å². The average molecular weight is 714 g/mol. The van der Waals surface area contributed by atoms with Gasteiger partial charge in [0.2, 0.25) is 0 Å². The van der Waals surface area contributed by atoms with Gasteiger partial charge in [-0.3, -0.25) is 9.55 Å². The molecule has 260 valence electrons. The van der Waals surface area contributed by atoms with Crippen molar-refractivity contribution in [3.8, 4) is 34.0 Å². The third-order valence-electron chi connectivity index (χ3n) is 11.4. The summed E-state index contributed by atoms with van der Waals surface area (Å²) in [5, 5.41) is 9.29. The third-order valence-corrected chi connectivity index (χ3v) is 11.4. The van der Waals surface area contributed by atoms with Crippen LogP contribution in [0, 0.1) is 0 Å². The Morgan fingerprint density at radius 1 is 0.321 bits per heavy atom. The third kappa shape index (κ3) is 4.46. The highest BCUT2D eigenvalue weighted by molar-refractivity contribution is 6.24. The van der Waals surface area contributed by atoms with Gasteiger partial charge in [0, 0.05) is 38.0 Å². The maximum atomic E-state index is 5.39. The van der Waals surface area contributed by atoms with E-state index < -0.39 is 0 Å². The van der Waals surface area contributed by atoms with Gasteiger partial charge < -0.3 is 4.57 Å². The van der Waals surface area contributed by atoms with Gasteiger partial charge in [-0.25, -0.2) is 9.97 Å². The number of rotatable bonds is 4. The van der Waals surface area contributed by atoms with Crippen molar-refractivity contribution in [1.82, 2.24) is 24.1 Å². The zero-order chi connectivity index (χ0) is 36.7. The van der Waals surface area contributed by atoms with E-state index in [0.29, 0.717) is 0 Å². The summed E-state index contributed by atoms with van der Waals surface area (Å²) >= 11 is 0. The van der Waals surface area contributed by atoms with E-state index in [1.807, 2.05) is 12.3 Å². The van der Waals surface area contributed by atoms with Gasteiger partial charge in [0.05, 0.1) is 45.0 Å². The van der Waals surface area contributed by atoms with Gasteiger partial charge in [0.25, 0.3) is 0 Å². The molecule has 0 saturated carbocycles. The van der Waals surface area contributed by atoms with Crippen LogP contribution in [0.2, 0.25) is 0 Å². The Labute approximate surface area is 321 Å². The molecule has 4 heterocycles. The van der Waals surface area contributed by atoms with E-state index in [-0.39, 0.29) is 0 Å². The highest BCUT2D eigenvalue weighted by atomic mass is 15.1. The molecule has 0 aliphatic heterocycles. The maximum absolute atomic E-state index is 5.39. The van der Waals surface area contributed by atoms with Gasteiger partial charge >= 0.3 is 0 Å². The van der Waals surface area contributed by atoms with Gasteiger partial charge in [0.15, 0.2) is 0 Å². The van der Waals surface area contributed by atoms with Gasteiger partial charge in [-0.1, -0.05) is 146 Å². The first-order valence-electron chi connectivity index (χ1n) is 19.0. The van der Waals surface area contributed by atoms with Gasteiger partial charge in [-0.05, 0) is 58.3 Å². The van der Waals surface area contributed by atoms with E-state index in [0.717, 1.165) is 66.8 Å². The normalized spacial score (nSPS) is 11.9. The van der Waals surface area contributed by atoms with E-state index in [1.54, 1.807) is 0 Å². The molecule has 0 N–H and O–H groups in total. The Bertz CT molecular complexity index is 3490. The van der Waals surface area contributed by atoms with E-state index in [1.165, 1.54) is 43.4 Å². The molecule has 12 aromatic rings. The van der Waals surface area contributed by atoms with Crippen LogP contribution >= 0.6 is 0 Å². The number of nitrogens with zero attached hydrogens (tertiary/aromatic N) is 5.